The Hall–Kier alpha value is -2.17. The van der Waals surface area contributed by atoms with Crippen molar-refractivity contribution >= 4 is 5.97 Å². The number of benzene rings is 1. The van der Waals surface area contributed by atoms with Gasteiger partial charge in [-0.1, -0.05) is 13.0 Å². The van der Waals surface area contributed by atoms with Gasteiger partial charge < -0.3 is 5.11 Å². The average Bonchev–Trinajstić information content (AvgIpc) is 2.80. The van der Waals surface area contributed by atoms with Crippen LogP contribution < -0.4 is 0 Å². The van der Waals surface area contributed by atoms with Crippen molar-refractivity contribution in [2.24, 2.45) is 5.92 Å². The summed E-state index contributed by atoms with van der Waals surface area (Å²) in [6.07, 6.45) is 2.48. The second-order valence-corrected chi connectivity index (χ2v) is 5.72. The van der Waals surface area contributed by atoms with Gasteiger partial charge >= 0.3 is 5.97 Å². The fraction of sp³-hybridized carbons (Fsp3) is 0.375. The summed E-state index contributed by atoms with van der Waals surface area (Å²) < 4.78 is 15.4. The number of aromatic carboxylic acids is 1. The fourth-order valence-electron chi connectivity index (χ4n) is 2.99. The lowest BCUT2D eigenvalue weighted by atomic mass is 9.87. The van der Waals surface area contributed by atoms with Crippen LogP contribution in [0.1, 0.15) is 40.7 Å². The van der Waals surface area contributed by atoms with Crippen LogP contribution in [-0.2, 0) is 12.8 Å². The second-order valence-electron chi connectivity index (χ2n) is 5.72. The molecule has 1 aliphatic rings. The van der Waals surface area contributed by atoms with Gasteiger partial charge in [0.15, 0.2) is 5.69 Å². The second kappa shape index (κ2) is 4.98. The van der Waals surface area contributed by atoms with Gasteiger partial charge in [-0.2, -0.15) is 5.10 Å². The highest BCUT2D eigenvalue weighted by Crippen LogP contribution is 2.31. The Morgan fingerprint density at radius 3 is 2.95 bits per heavy atom. The van der Waals surface area contributed by atoms with Crippen LogP contribution in [-0.4, -0.2) is 20.9 Å². The van der Waals surface area contributed by atoms with Gasteiger partial charge in [0.2, 0.25) is 0 Å². The van der Waals surface area contributed by atoms with Gasteiger partial charge in [0.1, 0.15) is 5.82 Å². The molecule has 1 N–H and O–H groups in total. The summed E-state index contributed by atoms with van der Waals surface area (Å²) in [5.74, 6) is -0.882. The van der Waals surface area contributed by atoms with Gasteiger partial charge in [-0.25, -0.2) is 13.9 Å². The molecule has 1 unspecified atom stereocenters. The number of aromatic nitrogens is 2. The van der Waals surface area contributed by atoms with Crippen molar-refractivity contribution in [3.05, 3.63) is 46.5 Å². The highest BCUT2D eigenvalue weighted by Gasteiger charge is 2.28. The van der Waals surface area contributed by atoms with Crippen molar-refractivity contribution < 1.29 is 14.3 Å². The van der Waals surface area contributed by atoms with Gasteiger partial charge in [-0.15, -0.1) is 0 Å². The molecule has 3 rings (SSSR count). The van der Waals surface area contributed by atoms with Crippen molar-refractivity contribution in [1.82, 2.24) is 9.78 Å². The van der Waals surface area contributed by atoms with Crippen LogP contribution in [0.2, 0.25) is 0 Å². The number of fused-ring (bicyclic) bond motifs is 1. The van der Waals surface area contributed by atoms with E-state index in [1.165, 1.54) is 6.07 Å². The van der Waals surface area contributed by atoms with Crippen molar-refractivity contribution in [2.75, 3.05) is 0 Å². The normalized spacial score (nSPS) is 17.6. The molecule has 0 saturated heterocycles. The quantitative estimate of drug-likeness (QED) is 0.923. The Morgan fingerprint density at radius 1 is 1.48 bits per heavy atom. The molecule has 1 heterocycles. The standard InChI is InChI=1S/C16H17FN2O2/c1-9-6-7-14-11(8-9)15(16(20)21)18-19(14)13-5-3-4-12(17)10(13)2/h3-5,9H,6-8H2,1-2H3,(H,20,21). The first kappa shape index (κ1) is 13.8. The molecule has 5 heteroatoms. The number of hydrogen-bond donors (Lipinski definition) is 1. The van der Waals surface area contributed by atoms with Crippen LogP contribution in [0.4, 0.5) is 4.39 Å². The molecule has 110 valence electrons. The number of carboxylic acids is 1. The zero-order valence-corrected chi connectivity index (χ0v) is 12.1. The molecule has 1 atom stereocenters. The highest BCUT2D eigenvalue weighted by molar-refractivity contribution is 5.87. The predicted octanol–water partition coefficient (Wildman–Crippen LogP) is 3.14. The molecule has 2 aromatic rings. The summed E-state index contributed by atoms with van der Waals surface area (Å²) in [6, 6.07) is 4.79. The van der Waals surface area contributed by atoms with E-state index in [1.54, 1.807) is 23.7 Å². The van der Waals surface area contributed by atoms with Gasteiger partial charge in [0, 0.05) is 16.8 Å². The van der Waals surface area contributed by atoms with E-state index < -0.39 is 5.97 Å². The summed E-state index contributed by atoms with van der Waals surface area (Å²) >= 11 is 0. The third kappa shape index (κ3) is 2.22. The van der Waals surface area contributed by atoms with Crippen LogP contribution in [0.15, 0.2) is 18.2 Å². The highest BCUT2D eigenvalue weighted by atomic mass is 19.1. The van der Waals surface area contributed by atoms with E-state index in [1.807, 2.05) is 0 Å². The van der Waals surface area contributed by atoms with Crippen LogP contribution in [0.25, 0.3) is 5.69 Å². The Balaban J connectivity index is 2.22. The molecule has 0 spiro atoms. The zero-order chi connectivity index (χ0) is 15.1. The third-order valence-electron chi connectivity index (χ3n) is 4.19. The molecular weight excluding hydrogens is 271 g/mol. The topological polar surface area (TPSA) is 55.1 Å². The maximum Gasteiger partial charge on any atom is 0.356 e. The molecular formula is C16H17FN2O2. The van der Waals surface area contributed by atoms with Crippen molar-refractivity contribution in [1.29, 1.82) is 0 Å². The average molecular weight is 288 g/mol. The Kier molecular flexibility index (Phi) is 3.27. The molecule has 0 bridgehead atoms. The Morgan fingerprint density at radius 2 is 2.24 bits per heavy atom. The molecule has 0 aliphatic heterocycles. The third-order valence-corrected chi connectivity index (χ3v) is 4.19. The number of carboxylic acid groups (broad SMARTS) is 1. The van der Waals surface area contributed by atoms with E-state index >= 15 is 0 Å². The summed E-state index contributed by atoms with van der Waals surface area (Å²) in [5, 5.41) is 13.6. The minimum absolute atomic E-state index is 0.0974. The van der Waals surface area contributed by atoms with E-state index in [-0.39, 0.29) is 11.5 Å². The van der Waals surface area contributed by atoms with Crippen LogP contribution in [0.3, 0.4) is 0 Å². The maximum absolute atomic E-state index is 13.8. The zero-order valence-electron chi connectivity index (χ0n) is 12.1. The van der Waals surface area contributed by atoms with E-state index in [4.69, 9.17) is 0 Å². The Labute approximate surface area is 122 Å². The first-order valence-corrected chi connectivity index (χ1v) is 7.08. The summed E-state index contributed by atoms with van der Waals surface area (Å²) in [4.78, 5) is 11.4. The number of rotatable bonds is 2. The Bertz CT molecular complexity index is 721. The van der Waals surface area contributed by atoms with Crippen LogP contribution in [0, 0.1) is 18.7 Å². The van der Waals surface area contributed by atoms with Gasteiger partial charge in [-0.05, 0) is 44.2 Å². The SMILES string of the molecule is Cc1c(F)cccc1-n1nc(C(=O)O)c2c1CCC(C)C2. The van der Waals surface area contributed by atoms with E-state index in [9.17, 15) is 14.3 Å². The lowest BCUT2D eigenvalue weighted by Crippen LogP contribution is -2.15. The number of nitrogens with zero attached hydrogens (tertiary/aromatic N) is 2. The minimum atomic E-state index is -1.02. The number of hydrogen-bond acceptors (Lipinski definition) is 2. The van der Waals surface area contributed by atoms with E-state index in [0.717, 1.165) is 24.1 Å². The number of halogens is 1. The van der Waals surface area contributed by atoms with Crippen molar-refractivity contribution in [2.45, 2.75) is 33.1 Å². The predicted molar refractivity (Wildman–Crippen MR) is 76.4 cm³/mol. The van der Waals surface area contributed by atoms with Crippen molar-refractivity contribution in [3.63, 3.8) is 0 Å². The lowest BCUT2D eigenvalue weighted by molar-refractivity contribution is 0.0688. The van der Waals surface area contributed by atoms with Crippen LogP contribution >= 0.6 is 0 Å². The lowest BCUT2D eigenvalue weighted by Gasteiger charge is -2.20. The molecule has 0 fully saturated rings. The fourth-order valence-corrected chi connectivity index (χ4v) is 2.99. The monoisotopic (exact) mass is 288 g/mol. The van der Waals surface area contributed by atoms with E-state index in [0.29, 0.717) is 23.6 Å². The maximum atomic E-state index is 13.8. The van der Waals surface area contributed by atoms with Gasteiger partial charge in [-0.3, -0.25) is 0 Å². The molecule has 21 heavy (non-hydrogen) atoms. The molecule has 1 aromatic carbocycles. The number of carbonyl (C=O) groups is 1. The molecule has 4 nitrogen and oxygen atoms in total. The first-order valence-electron chi connectivity index (χ1n) is 7.08. The summed E-state index contributed by atoms with van der Waals surface area (Å²) in [7, 11) is 0. The molecule has 1 aromatic heterocycles. The van der Waals surface area contributed by atoms with E-state index in [2.05, 4.69) is 12.0 Å². The first-order chi connectivity index (χ1) is 9.99. The molecule has 0 radical (unpaired) electrons. The largest absolute Gasteiger partial charge is 0.476 e. The minimum Gasteiger partial charge on any atom is -0.476 e. The molecule has 0 saturated carbocycles. The van der Waals surface area contributed by atoms with Gasteiger partial charge in [0.25, 0.3) is 0 Å². The van der Waals surface area contributed by atoms with Gasteiger partial charge in [0.05, 0.1) is 5.69 Å². The van der Waals surface area contributed by atoms with Crippen molar-refractivity contribution in [3.8, 4) is 5.69 Å². The smallest absolute Gasteiger partial charge is 0.356 e. The van der Waals surface area contributed by atoms with Crippen LogP contribution in [0.5, 0.6) is 0 Å². The summed E-state index contributed by atoms with van der Waals surface area (Å²) in [6.45, 7) is 3.80. The summed E-state index contributed by atoms with van der Waals surface area (Å²) in [5.41, 5.74) is 2.90. The molecule has 1 aliphatic carbocycles. The molecule has 0 amide bonds.